The standard InChI is InChI=1S/C11H10N2OS2/c1-8(9-4-2-6-15-9)12-13-11(14)10-5-3-7-16-10/h2-7H,1H3,(H,13,14). The molecule has 16 heavy (non-hydrogen) atoms. The van der Waals surface area contributed by atoms with E-state index in [1.807, 2.05) is 35.9 Å². The molecule has 0 unspecified atom stereocenters. The molecule has 0 bridgehead atoms. The topological polar surface area (TPSA) is 41.5 Å². The molecule has 2 heterocycles. The van der Waals surface area contributed by atoms with Gasteiger partial charge in [-0.25, -0.2) is 5.43 Å². The number of hydrogen-bond donors (Lipinski definition) is 1. The van der Waals surface area contributed by atoms with Gasteiger partial charge in [-0.2, -0.15) is 5.10 Å². The molecule has 0 atom stereocenters. The van der Waals surface area contributed by atoms with E-state index in [1.54, 1.807) is 17.4 Å². The zero-order valence-corrected chi connectivity index (χ0v) is 10.3. The van der Waals surface area contributed by atoms with Gasteiger partial charge < -0.3 is 0 Å². The number of hydrazone groups is 1. The number of amides is 1. The molecule has 2 aromatic heterocycles. The fourth-order valence-corrected chi connectivity index (χ4v) is 2.43. The molecule has 0 spiro atoms. The van der Waals surface area contributed by atoms with E-state index in [9.17, 15) is 4.79 Å². The average Bonchev–Trinajstić information content (AvgIpc) is 2.95. The van der Waals surface area contributed by atoms with Gasteiger partial charge in [0.1, 0.15) is 0 Å². The van der Waals surface area contributed by atoms with Crippen molar-refractivity contribution in [1.82, 2.24) is 5.43 Å². The van der Waals surface area contributed by atoms with Crippen LogP contribution in [-0.2, 0) is 0 Å². The van der Waals surface area contributed by atoms with Crippen molar-refractivity contribution < 1.29 is 4.79 Å². The molecule has 0 fully saturated rings. The van der Waals surface area contributed by atoms with Gasteiger partial charge in [0, 0.05) is 4.88 Å². The van der Waals surface area contributed by atoms with Crippen LogP contribution in [0.3, 0.4) is 0 Å². The fraction of sp³-hybridized carbons (Fsp3) is 0.0909. The lowest BCUT2D eigenvalue weighted by Gasteiger charge is -1.98. The highest BCUT2D eigenvalue weighted by Crippen LogP contribution is 2.10. The van der Waals surface area contributed by atoms with E-state index in [1.165, 1.54) is 11.3 Å². The monoisotopic (exact) mass is 250 g/mol. The Labute approximate surface area is 101 Å². The summed E-state index contributed by atoms with van der Waals surface area (Å²) < 4.78 is 0. The maximum Gasteiger partial charge on any atom is 0.281 e. The minimum absolute atomic E-state index is 0.161. The van der Waals surface area contributed by atoms with Crippen LogP contribution in [0.15, 0.2) is 40.1 Å². The second kappa shape index (κ2) is 5.05. The molecule has 0 aliphatic rings. The zero-order valence-electron chi connectivity index (χ0n) is 8.64. The van der Waals surface area contributed by atoms with E-state index in [4.69, 9.17) is 0 Å². The normalized spacial score (nSPS) is 11.4. The Bertz CT molecular complexity index is 486. The molecular formula is C11H10N2OS2. The summed E-state index contributed by atoms with van der Waals surface area (Å²) in [4.78, 5) is 13.3. The molecule has 0 radical (unpaired) electrons. The highest BCUT2D eigenvalue weighted by Gasteiger charge is 2.05. The van der Waals surface area contributed by atoms with E-state index in [0.29, 0.717) is 4.88 Å². The van der Waals surface area contributed by atoms with Gasteiger partial charge in [0.2, 0.25) is 0 Å². The maximum atomic E-state index is 11.6. The highest BCUT2D eigenvalue weighted by atomic mass is 32.1. The van der Waals surface area contributed by atoms with Crippen molar-refractivity contribution in [2.24, 2.45) is 5.10 Å². The molecule has 0 aliphatic carbocycles. The lowest BCUT2D eigenvalue weighted by atomic mass is 10.3. The molecule has 1 N–H and O–H groups in total. The predicted octanol–water partition coefficient (Wildman–Crippen LogP) is 2.96. The van der Waals surface area contributed by atoms with Crippen LogP contribution in [0.25, 0.3) is 0 Å². The average molecular weight is 250 g/mol. The number of nitrogens with zero attached hydrogens (tertiary/aromatic N) is 1. The van der Waals surface area contributed by atoms with Gasteiger partial charge in [0.15, 0.2) is 0 Å². The first-order chi connectivity index (χ1) is 7.77. The van der Waals surface area contributed by atoms with Crippen molar-refractivity contribution in [2.45, 2.75) is 6.92 Å². The van der Waals surface area contributed by atoms with Gasteiger partial charge in [-0.05, 0) is 29.8 Å². The second-order valence-corrected chi connectivity index (χ2v) is 4.99. The van der Waals surface area contributed by atoms with Crippen LogP contribution in [0.2, 0.25) is 0 Å². The molecular weight excluding hydrogens is 240 g/mol. The number of nitrogens with one attached hydrogen (secondary N) is 1. The summed E-state index contributed by atoms with van der Waals surface area (Å²) in [6.45, 7) is 1.88. The van der Waals surface area contributed by atoms with Gasteiger partial charge in [-0.15, -0.1) is 22.7 Å². The van der Waals surface area contributed by atoms with Gasteiger partial charge >= 0.3 is 0 Å². The van der Waals surface area contributed by atoms with Crippen molar-refractivity contribution in [3.05, 3.63) is 44.8 Å². The first-order valence-electron chi connectivity index (χ1n) is 4.69. The largest absolute Gasteiger partial charge is 0.281 e. The molecule has 0 saturated carbocycles. The number of thiophene rings is 2. The smallest absolute Gasteiger partial charge is 0.266 e. The molecule has 0 saturated heterocycles. The Kier molecular flexibility index (Phi) is 3.48. The van der Waals surface area contributed by atoms with E-state index < -0.39 is 0 Å². The fourth-order valence-electron chi connectivity index (χ4n) is 1.14. The SMILES string of the molecule is CC(=NNC(=O)c1cccs1)c1cccs1. The summed E-state index contributed by atoms with van der Waals surface area (Å²) in [5.41, 5.74) is 3.36. The lowest BCUT2D eigenvalue weighted by Crippen LogP contribution is -2.17. The van der Waals surface area contributed by atoms with Crippen molar-refractivity contribution in [3.8, 4) is 0 Å². The minimum Gasteiger partial charge on any atom is -0.266 e. The molecule has 5 heteroatoms. The number of rotatable bonds is 3. The van der Waals surface area contributed by atoms with Crippen molar-refractivity contribution >= 4 is 34.3 Å². The maximum absolute atomic E-state index is 11.6. The Morgan fingerprint density at radius 2 is 1.81 bits per heavy atom. The summed E-state index contributed by atoms with van der Waals surface area (Å²) in [5, 5.41) is 7.90. The first-order valence-corrected chi connectivity index (χ1v) is 6.45. The number of hydrogen-bond acceptors (Lipinski definition) is 4. The quantitative estimate of drug-likeness (QED) is 0.660. The van der Waals surface area contributed by atoms with Crippen LogP contribution in [0, 0.1) is 0 Å². The number of carbonyl (C=O) groups excluding carboxylic acids is 1. The highest BCUT2D eigenvalue weighted by molar-refractivity contribution is 7.12. The van der Waals surface area contributed by atoms with Crippen LogP contribution in [0.1, 0.15) is 21.5 Å². The molecule has 3 nitrogen and oxygen atoms in total. The first kappa shape index (κ1) is 11.0. The van der Waals surface area contributed by atoms with Gasteiger partial charge in [0.25, 0.3) is 5.91 Å². The molecule has 0 aliphatic heterocycles. The Morgan fingerprint density at radius 1 is 1.19 bits per heavy atom. The molecule has 0 aromatic carbocycles. The van der Waals surface area contributed by atoms with Crippen LogP contribution in [0.4, 0.5) is 0 Å². The second-order valence-electron chi connectivity index (χ2n) is 3.09. The summed E-state index contributed by atoms with van der Waals surface area (Å²) >= 11 is 3.00. The third-order valence-corrected chi connectivity index (χ3v) is 3.80. The molecule has 2 rings (SSSR count). The summed E-state index contributed by atoms with van der Waals surface area (Å²) in [6, 6.07) is 7.55. The third kappa shape index (κ3) is 2.56. The molecule has 82 valence electrons. The Balaban J connectivity index is 2.02. The lowest BCUT2D eigenvalue weighted by molar-refractivity contribution is 0.0959. The summed E-state index contributed by atoms with van der Waals surface area (Å²) in [6.07, 6.45) is 0. The number of carbonyl (C=O) groups is 1. The zero-order chi connectivity index (χ0) is 11.4. The van der Waals surface area contributed by atoms with Gasteiger partial charge in [0.05, 0.1) is 10.6 Å². The van der Waals surface area contributed by atoms with Crippen molar-refractivity contribution in [3.63, 3.8) is 0 Å². The Hall–Kier alpha value is -1.46. The van der Waals surface area contributed by atoms with E-state index in [-0.39, 0.29) is 5.91 Å². The van der Waals surface area contributed by atoms with Crippen LogP contribution in [0.5, 0.6) is 0 Å². The van der Waals surface area contributed by atoms with Gasteiger partial charge in [-0.3, -0.25) is 4.79 Å². The minimum atomic E-state index is -0.161. The van der Waals surface area contributed by atoms with Crippen LogP contribution < -0.4 is 5.43 Å². The van der Waals surface area contributed by atoms with E-state index >= 15 is 0 Å². The van der Waals surface area contributed by atoms with Crippen molar-refractivity contribution in [1.29, 1.82) is 0 Å². The summed E-state index contributed by atoms with van der Waals surface area (Å²) in [7, 11) is 0. The molecule has 2 aromatic rings. The van der Waals surface area contributed by atoms with E-state index in [0.717, 1.165) is 10.6 Å². The predicted molar refractivity (Wildman–Crippen MR) is 68.3 cm³/mol. The van der Waals surface area contributed by atoms with Crippen LogP contribution in [-0.4, -0.2) is 11.6 Å². The molecule has 1 amide bonds. The van der Waals surface area contributed by atoms with E-state index in [2.05, 4.69) is 10.5 Å². The summed E-state index contributed by atoms with van der Waals surface area (Å²) in [5.74, 6) is -0.161. The van der Waals surface area contributed by atoms with Gasteiger partial charge in [-0.1, -0.05) is 12.1 Å². The van der Waals surface area contributed by atoms with Crippen LogP contribution >= 0.6 is 22.7 Å². The van der Waals surface area contributed by atoms with Crippen molar-refractivity contribution in [2.75, 3.05) is 0 Å². The Morgan fingerprint density at radius 3 is 2.38 bits per heavy atom. The third-order valence-electron chi connectivity index (χ3n) is 1.95.